The molecule has 4 N–H and O–H groups in total. The van der Waals surface area contributed by atoms with Gasteiger partial charge in [-0.05, 0) is 74.5 Å². The molecule has 0 aliphatic heterocycles. The van der Waals surface area contributed by atoms with Crippen LogP contribution in [0, 0.1) is 0 Å². The van der Waals surface area contributed by atoms with Crippen LogP contribution in [0.2, 0.25) is 20.1 Å². The van der Waals surface area contributed by atoms with Crippen molar-refractivity contribution in [2.24, 2.45) is 0 Å². The fourth-order valence-electron chi connectivity index (χ4n) is 2.99. The minimum absolute atomic E-state index is 0.150. The number of carbonyl (C=O) groups excluding carboxylic acids is 4. The Morgan fingerprint density at radius 1 is 0.575 bits per heavy atom. The smallest absolute Gasteiger partial charge is 0.279 e. The molecule has 14 heteroatoms. The maximum atomic E-state index is 12.4. The Morgan fingerprint density at radius 3 is 1.25 bits per heavy atom. The van der Waals surface area contributed by atoms with E-state index in [4.69, 9.17) is 55.9 Å². The zero-order chi connectivity index (χ0) is 29.4. The monoisotopic (exact) mass is 626 g/mol. The van der Waals surface area contributed by atoms with Gasteiger partial charge in [0, 0.05) is 21.2 Å². The van der Waals surface area contributed by atoms with Crippen LogP contribution in [-0.2, 0) is 9.59 Å². The zero-order valence-electron chi connectivity index (χ0n) is 20.9. The van der Waals surface area contributed by atoms with Crippen LogP contribution >= 0.6 is 46.4 Å². The maximum Gasteiger partial charge on any atom is 0.279 e. The van der Waals surface area contributed by atoms with Crippen LogP contribution in [0.3, 0.4) is 0 Å². The molecule has 3 aromatic carbocycles. The second kappa shape index (κ2) is 14.1. The SMILES string of the molecule is CC(Oc1ccc(Cl)cc1Cl)C(=O)NNC(=O)c1ccc(C(=O)NNC(=O)C(C)Oc2ccc(Cl)cc2Cl)cc1. The molecular formula is C26H22Cl4N4O6. The van der Waals surface area contributed by atoms with E-state index in [2.05, 4.69) is 21.7 Å². The molecule has 4 amide bonds. The first kappa shape index (κ1) is 30.8. The lowest BCUT2D eigenvalue weighted by Crippen LogP contribution is -2.47. The summed E-state index contributed by atoms with van der Waals surface area (Å²) in [7, 11) is 0. The highest BCUT2D eigenvalue weighted by molar-refractivity contribution is 6.36. The van der Waals surface area contributed by atoms with E-state index in [1.807, 2.05) is 0 Å². The van der Waals surface area contributed by atoms with Crippen molar-refractivity contribution in [2.45, 2.75) is 26.1 Å². The molecule has 210 valence electrons. The van der Waals surface area contributed by atoms with Crippen molar-refractivity contribution < 1.29 is 28.7 Å². The summed E-state index contributed by atoms with van der Waals surface area (Å²) in [5.74, 6) is -2.06. The van der Waals surface area contributed by atoms with E-state index in [1.165, 1.54) is 62.4 Å². The van der Waals surface area contributed by atoms with Gasteiger partial charge in [0.1, 0.15) is 11.5 Å². The molecule has 10 nitrogen and oxygen atoms in total. The number of rotatable bonds is 8. The largest absolute Gasteiger partial charge is 0.479 e. The lowest BCUT2D eigenvalue weighted by atomic mass is 10.1. The van der Waals surface area contributed by atoms with Crippen LogP contribution in [-0.4, -0.2) is 35.8 Å². The van der Waals surface area contributed by atoms with Gasteiger partial charge in [0.25, 0.3) is 23.6 Å². The van der Waals surface area contributed by atoms with E-state index >= 15 is 0 Å². The van der Waals surface area contributed by atoms with E-state index in [1.54, 1.807) is 12.1 Å². The summed E-state index contributed by atoms with van der Waals surface area (Å²) in [5.41, 5.74) is 9.31. The Bertz CT molecular complexity index is 1310. The van der Waals surface area contributed by atoms with E-state index < -0.39 is 35.8 Å². The molecule has 0 aliphatic rings. The van der Waals surface area contributed by atoms with Crippen molar-refractivity contribution in [2.75, 3.05) is 0 Å². The quantitative estimate of drug-likeness (QED) is 0.266. The Kier molecular flexibility index (Phi) is 10.9. The van der Waals surface area contributed by atoms with Crippen molar-refractivity contribution in [3.63, 3.8) is 0 Å². The van der Waals surface area contributed by atoms with Crippen molar-refractivity contribution in [1.29, 1.82) is 0 Å². The standard InChI is InChI=1S/C26H22Cl4N4O6/c1-13(39-21-9-7-17(27)11-19(21)29)23(35)31-33-25(37)15-3-5-16(6-4-15)26(38)34-32-24(36)14(2)40-22-10-8-18(28)12-20(22)30/h3-14H,1-2H3,(H,31,35)(H,32,36)(H,33,37)(H,34,38). The molecule has 40 heavy (non-hydrogen) atoms. The van der Waals surface area contributed by atoms with Crippen molar-refractivity contribution >= 4 is 70.0 Å². The molecule has 3 aromatic rings. The Balaban J connectivity index is 1.45. The molecule has 2 atom stereocenters. The Morgan fingerprint density at radius 2 is 0.925 bits per heavy atom. The van der Waals surface area contributed by atoms with Crippen molar-refractivity contribution in [1.82, 2.24) is 21.7 Å². The molecule has 0 aliphatic carbocycles. The molecule has 0 saturated heterocycles. The zero-order valence-corrected chi connectivity index (χ0v) is 23.9. The Hall–Kier alpha value is -3.70. The highest BCUT2D eigenvalue weighted by Crippen LogP contribution is 2.29. The van der Waals surface area contributed by atoms with Gasteiger partial charge in [-0.3, -0.25) is 40.9 Å². The highest BCUT2D eigenvalue weighted by Gasteiger charge is 2.19. The van der Waals surface area contributed by atoms with Crippen molar-refractivity contribution in [3.05, 3.63) is 91.9 Å². The number of benzene rings is 3. The van der Waals surface area contributed by atoms with Gasteiger partial charge in [-0.2, -0.15) is 0 Å². The van der Waals surface area contributed by atoms with Gasteiger partial charge in [-0.15, -0.1) is 0 Å². The summed E-state index contributed by atoms with van der Waals surface area (Å²) in [6, 6.07) is 14.5. The number of hydrogen-bond acceptors (Lipinski definition) is 6. The fraction of sp³-hybridized carbons (Fsp3) is 0.154. The van der Waals surface area contributed by atoms with Crippen LogP contribution in [0.15, 0.2) is 60.7 Å². The second-order valence-electron chi connectivity index (χ2n) is 8.13. The van der Waals surface area contributed by atoms with Crippen LogP contribution in [0.4, 0.5) is 0 Å². The summed E-state index contributed by atoms with van der Waals surface area (Å²) < 4.78 is 11.0. The molecule has 0 fully saturated rings. The fourth-order valence-corrected chi connectivity index (χ4v) is 3.89. The lowest BCUT2D eigenvalue weighted by molar-refractivity contribution is -0.128. The summed E-state index contributed by atoms with van der Waals surface area (Å²) >= 11 is 23.8. The second-order valence-corrected chi connectivity index (χ2v) is 9.82. The Labute approximate surface area is 249 Å². The van der Waals surface area contributed by atoms with Gasteiger partial charge < -0.3 is 9.47 Å². The molecule has 0 radical (unpaired) electrons. The summed E-state index contributed by atoms with van der Waals surface area (Å²) in [6.45, 7) is 2.94. The summed E-state index contributed by atoms with van der Waals surface area (Å²) in [6.07, 6.45) is -1.98. The molecule has 0 bridgehead atoms. The van der Waals surface area contributed by atoms with Gasteiger partial charge in [0.05, 0.1) is 10.0 Å². The molecule has 0 spiro atoms. The number of carbonyl (C=O) groups is 4. The first-order valence-electron chi connectivity index (χ1n) is 11.5. The van der Waals surface area contributed by atoms with Gasteiger partial charge in [-0.1, -0.05) is 46.4 Å². The average molecular weight is 628 g/mol. The van der Waals surface area contributed by atoms with Crippen LogP contribution in [0.25, 0.3) is 0 Å². The number of halogens is 4. The topological polar surface area (TPSA) is 135 Å². The molecule has 0 saturated carbocycles. The predicted molar refractivity (Wildman–Crippen MR) is 151 cm³/mol. The van der Waals surface area contributed by atoms with E-state index in [9.17, 15) is 19.2 Å². The number of nitrogens with one attached hydrogen (secondary N) is 4. The highest BCUT2D eigenvalue weighted by atomic mass is 35.5. The third kappa shape index (κ3) is 8.65. The number of hydrazine groups is 2. The molecule has 0 heterocycles. The predicted octanol–water partition coefficient (Wildman–Crippen LogP) is 4.76. The van der Waals surface area contributed by atoms with Crippen LogP contribution in [0.1, 0.15) is 34.6 Å². The average Bonchev–Trinajstić information content (AvgIpc) is 2.92. The minimum Gasteiger partial charge on any atom is -0.479 e. The third-order valence-electron chi connectivity index (χ3n) is 5.14. The van der Waals surface area contributed by atoms with E-state index in [-0.39, 0.29) is 32.7 Å². The van der Waals surface area contributed by atoms with Gasteiger partial charge in [0.2, 0.25) is 0 Å². The van der Waals surface area contributed by atoms with Crippen LogP contribution in [0.5, 0.6) is 11.5 Å². The number of amides is 4. The van der Waals surface area contributed by atoms with Gasteiger partial charge in [-0.25, -0.2) is 0 Å². The van der Waals surface area contributed by atoms with E-state index in [0.29, 0.717) is 10.0 Å². The van der Waals surface area contributed by atoms with E-state index in [0.717, 1.165) is 0 Å². The summed E-state index contributed by atoms with van der Waals surface area (Å²) in [5, 5.41) is 1.28. The maximum absolute atomic E-state index is 12.4. The lowest BCUT2D eigenvalue weighted by Gasteiger charge is -2.16. The minimum atomic E-state index is -0.989. The van der Waals surface area contributed by atoms with Crippen LogP contribution < -0.4 is 31.2 Å². The van der Waals surface area contributed by atoms with Gasteiger partial charge in [0.15, 0.2) is 12.2 Å². The summed E-state index contributed by atoms with van der Waals surface area (Å²) in [4.78, 5) is 49.4. The third-order valence-corrected chi connectivity index (χ3v) is 6.20. The first-order valence-corrected chi connectivity index (χ1v) is 13.0. The van der Waals surface area contributed by atoms with Gasteiger partial charge >= 0.3 is 0 Å². The molecule has 0 aromatic heterocycles. The number of hydrogen-bond donors (Lipinski definition) is 4. The first-order chi connectivity index (χ1) is 18.9. The molecular weight excluding hydrogens is 606 g/mol. The molecule has 3 rings (SSSR count). The molecule has 2 unspecified atom stereocenters. The normalized spacial score (nSPS) is 11.9. The van der Waals surface area contributed by atoms with Crippen molar-refractivity contribution in [3.8, 4) is 11.5 Å². The number of ether oxygens (including phenoxy) is 2.